The summed E-state index contributed by atoms with van der Waals surface area (Å²) in [4.78, 5) is 15.1. The fourth-order valence-electron chi connectivity index (χ4n) is 0.904. The standard InChI is InChI=1S/C9H11ClN2O/c1-7(10)5-9(13)12-8-3-2-4-11-6-8/h2-4,6-7H,5H2,1H3,(H,12,13). The summed E-state index contributed by atoms with van der Waals surface area (Å²) in [5.74, 6) is -0.0875. The van der Waals surface area contributed by atoms with E-state index in [1.54, 1.807) is 31.5 Å². The molecule has 0 saturated heterocycles. The fraction of sp³-hybridized carbons (Fsp3) is 0.333. The van der Waals surface area contributed by atoms with Crippen LogP contribution in [0.5, 0.6) is 0 Å². The zero-order valence-corrected chi connectivity index (χ0v) is 8.08. The third-order valence-corrected chi connectivity index (χ3v) is 1.57. The number of aromatic nitrogens is 1. The molecule has 0 fully saturated rings. The Morgan fingerprint density at radius 1 is 1.77 bits per heavy atom. The average molecular weight is 199 g/mol. The quantitative estimate of drug-likeness (QED) is 0.756. The highest BCUT2D eigenvalue weighted by Gasteiger charge is 2.05. The predicted molar refractivity (Wildman–Crippen MR) is 52.8 cm³/mol. The van der Waals surface area contributed by atoms with Gasteiger partial charge in [-0.2, -0.15) is 0 Å². The van der Waals surface area contributed by atoms with Crippen LogP contribution in [0.4, 0.5) is 5.69 Å². The normalized spacial score (nSPS) is 12.2. The first-order valence-corrected chi connectivity index (χ1v) is 4.46. The molecular formula is C9H11ClN2O. The van der Waals surface area contributed by atoms with E-state index in [1.165, 1.54) is 0 Å². The number of nitrogens with zero attached hydrogens (tertiary/aromatic N) is 1. The van der Waals surface area contributed by atoms with Gasteiger partial charge in [0.2, 0.25) is 5.91 Å². The summed E-state index contributed by atoms with van der Waals surface area (Å²) >= 11 is 5.66. The van der Waals surface area contributed by atoms with Gasteiger partial charge in [0, 0.05) is 18.0 Å². The Labute approximate surface area is 82.1 Å². The van der Waals surface area contributed by atoms with E-state index in [9.17, 15) is 4.79 Å². The molecule has 0 aliphatic carbocycles. The molecule has 3 nitrogen and oxygen atoms in total. The first-order chi connectivity index (χ1) is 6.18. The van der Waals surface area contributed by atoms with Crippen LogP contribution in [0.25, 0.3) is 0 Å². The van der Waals surface area contributed by atoms with Gasteiger partial charge >= 0.3 is 0 Å². The van der Waals surface area contributed by atoms with Crippen LogP contribution in [0.3, 0.4) is 0 Å². The van der Waals surface area contributed by atoms with Gasteiger partial charge in [-0.15, -0.1) is 11.6 Å². The second-order valence-electron chi connectivity index (χ2n) is 2.77. The molecule has 0 radical (unpaired) electrons. The molecule has 13 heavy (non-hydrogen) atoms. The molecule has 1 N–H and O–H groups in total. The highest BCUT2D eigenvalue weighted by atomic mass is 35.5. The molecule has 4 heteroatoms. The zero-order chi connectivity index (χ0) is 9.68. The lowest BCUT2D eigenvalue weighted by Gasteiger charge is -2.04. The van der Waals surface area contributed by atoms with Crippen molar-refractivity contribution in [1.82, 2.24) is 4.98 Å². The van der Waals surface area contributed by atoms with Crippen molar-refractivity contribution in [3.63, 3.8) is 0 Å². The van der Waals surface area contributed by atoms with Crippen molar-refractivity contribution >= 4 is 23.2 Å². The van der Waals surface area contributed by atoms with Crippen LogP contribution in [-0.2, 0) is 4.79 Å². The molecule has 1 heterocycles. The van der Waals surface area contributed by atoms with Crippen molar-refractivity contribution in [2.24, 2.45) is 0 Å². The highest BCUT2D eigenvalue weighted by Crippen LogP contribution is 2.06. The topological polar surface area (TPSA) is 42.0 Å². The summed E-state index contributed by atoms with van der Waals surface area (Å²) in [6, 6.07) is 3.55. The van der Waals surface area contributed by atoms with Gasteiger partial charge in [0.25, 0.3) is 0 Å². The van der Waals surface area contributed by atoms with E-state index in [-0.39, 0.29) is 11.3 Å². The number of nitrogens with one attached hydrogen (secondary N) is 1. The van der Waals surface area contributed by atoms with E-state index < -0.39 is 0 Å². The van der Waals surface area contributed by atoms with Crippen LogP contribution in [0.2, 0.25) is 0 Å². The van der Waals surface area contributed by atoms with E-state index in [0.29, 0.717) is 12.1 Å². The summed E-state index contributed by atoms with van der Waals surface area (Å²) in [5, 5.41) is 2.55. The Bertz CT molecular complexity index is 274. The molecule has 1 aromatic heterocycles. The van der Waals surface area contributed by atoms with Crippen molar-refractivity contribution in [2.75, 3.05) is 5.32 Å². The highest BCUT2D eigenvalue weighted by molar-refractivity contribution is 6.21. The molecule has 0 spiro atoms. The Balaban J connectivity index is 2.46. The number of alkyl halides is 1. The van der Waals surface area contributed by atoms with Gasteiger partial charge in [-0.25, -0.2) is 0 Å². The fourth-order valence-corrected chi connectivity index (χ4v) is 1.04. The van der Waals surface area contributed by atoms with Gasteiger partial charge in [0.05, 0.1) is 11.9 Å². The Morgan fingerprint density at radius 3 is 3.08 bits per heavy atom. The number of hydrogen-bond acceptors (Lipinski definition) is 2. The summed E-state index contributed by atoms with van der Waals surface area (Å²) in [6.45, 7) is 1.78. The molecule has 0 aliphatic rings. The van der Waals surface area contributed by atoms with Crippen LogP contribution >= 0.6 is 11.6 Å². The van der Waals surface area contributed by atoms with Gasteiger partial charge in [-0.1, -0.05) is 0 Å². The number of hydrogen-bond donors (Lipinski definition) is 1. The lowest BCUT2D eigenvalue weighted by molar-refractivity contribution is -0.116. The summed E-state index contributed by atoms with van der Waals surface area (Å²) in [5.41, 5.74) is 0.699. The van der Waals surface area contributed by atoms with Crippen LogP contribution in [0, 0.1) is 0 Å². The number of rotatable bonds is 3. The maximum Gasteiger partial charge on any atom is 0.225 e. The summed E-state index contributed by atoms with van der Waals surface area (Å²) < 4.78 is 0. The monoisotopic (exact) mass is 198 g/mol. The van der Waals surface area contributed by atoms with Crippen LogP contribution in [-0.4, -0.2) is 16.3 Å². The molecule has 0 aromatic carbocycles. The average Bonchev–Trinajstić information content (AvgIpc) is 2.04. The second-order valence-corrected chi connectivity index (χ2v) is 3.52. The van der Waals surface area contributed by atoms with Crippen molar-refractivity contribution in [1.29, 1.82) is 0 Å². The van der Waals surface area contributed by atoms with Gasteiger partial charge < -0.3 is 5.32 Å². The zero-order valence-electron chi connectivity index (χ0n) is 7.33. The van der Waals surface area contributed by atoms with Gasteiger partial charge in [-0.05, 0) is 19.1 Å². The second kappa shape index (κ2) is 4.82. The van der Waals surface area contributed by atoms with Crippen molar-refractivity contribution < 1.29 is 4.79 Å². The third kappa shape index (κ3) is 3.90. The Kier molecular flexibility index (Phi) is 3.71. The Hall–Kier alpha value is -1.09. The third-order valence-electron chi connectivity index (χ3n) is 1.41. The number of pyridine rings is 1. The SMILES string of the molecule is CC(Cl)CC(=O)Nc1cccnc1. The molecule has 1 atom stereocenters. The smallest absolute Gasteiger partial charge is 0.225 e. The van der Waals surface area contributed by atoms with Crippen molar-refractivity contribution in [3.8, 4) is 0 Å². The van der Waals surface area contributed by atoms with E-state index in [1.807, 2.05) is 0 Å². The summed E-state index contributed by atoms with van der Waals surface area (Å²) in [7, 11) is 0. The number of carbonyl (C=O) groups is 1. The first-order valence-electron chi connectivity index (χ1n) is 4.02. The number of anilines is 1. The summed E-state index contributed by atoms with van der Waals surface area (Å²) in [6.07, 6.45) is 3.56. The van der Waals surface area contributed by atoms with Gasteiger partial charge in [-0.3, -0.25) is 9.78 Å². The van der Waals surface area contributed by atoms with Crippen molar-refractivity contribution in [2.45, 2.75) is 18.7 Å². The lowest BCUT2D eigenvalue weighted by atomic mass is 10.3. The van der Waals surface area contributed by atoms with E-state index >= 15 is 0 Å². The van der Waals surface area contributed by atoms with Crippen LogP contribution in [0.1, 0.15) is 13.3 Å². The number of carbonyl (C=O) groups excluding carboxylic acids is 1. The van der Waals surface area contributed by atoms with Gasteiger partial charge in [0.15, 0.2) is 0 Å². The van der Waals surface area contributed by atoms with Crippen LogP contribution in [0.15, 0.2) is 24.5 Å². The maximum atomic E-state index is 11.2. The molecule has 0 bridgehead atoms. The lowest BCUT2D eigenvalue weighted by Crippen LogP contribution is -2.14. The van der Waals surface area contributed by atoms with E-state index in [4.69, 9.17) is 11.6 Å². The molecular weight excluding hydrogens is 188 g/mol. The molecule has 1 amide bonds. The molecule has 0 aliphatic heterocycles. The Morgan fingerprint density at radius 2 is 2.54 bits per heavy atom. The minimum atomic E-state index is -0.142. The number of halogens is 1. The van der Waals surface area contributed by atoms with E-state index in [0.717, 1.165) is 0 Å². The molecule has 1 rings (SSSR count). The maximum absolute atomic E-state index is 11.2. The first kappa shape index (κ1) is 9.99. The van der Waals surface area contributed by atoms with Gasteiger partial charge in [0.1, 0.15) is 0 Å². The minimum absolute atomic E-state index is 0.0875. The number of amides is 1. The molecule has 1 aromatic rings. The predicted octanol–water partition coefficient (Wildman–Crippen LogP) is 2.04. The largest absolute Gasteiger partial charge is 0.325 e. The minimum Gasteiger partial charge on any atom is -0.325 e. The van der Waals surface area contributed by atoms with Crippen LogP contribution < -0.4 is 5.32 Å². The molecule has 1 unspecified atom stereocenters. The molecule has 70 valence electrons. The van der Waals surface area contributed by atoms with E-state index in [2.05, 4.69) is 10.3 Å². The van der Waals surface area contributed by atoms with Crippen molar-refractivity contribution in [3.05, 3.63) is 24.5 Å². The molecule has 0 saturated carbocycles.